The highest BCUT2D eigenvalue weighted by atomic mass is 16.1. The van der Waals surface area contributed by atoms with Crippen LogP contribution in [0.3, 0.4) is 0 Å². The van der Waals surface area contributed by atoms with E-state index in [4.69, 9.17) is 0 Å². The first-order valence-electron chi connectivity index (χ1n) is 5.07. The highest BCUT2D eigenvalue weighted by Crippen LogP contribution is 2.12. The van der Waals surface area contributed by atoms with Crippen LogP contribution in [0.25, 0.3) is 0 Å². The number of hydrogen-bond donors (Lipinski definition) is 0. The van der Waals surface area contributed by atoms with Crippen molar-refractivity contribution in [2.75, 3.05) is 0 Å². The predicted molar refractivity (Wildman–Crippen MR) is 59.7 cm³/mol. The number of aryl methyl sites for hydroxylation is 1. The molecule has 1 aromatic carbocycles. The van der Waals surface area contributed by atoms with Crippen molar-refractivity contribution in [3.05, 3.63) is 35.4 Å². The standard InChI is InChI=1S/C13H16O2/c1-9-5-4-6-12(7-9)8-13(10(2)14)11(3)15/h4-7,13H,8H2,1-3H3. The van der Waals surface area contributed by atoms with E-state index in [-0.39, 0.29) is 11.6 Å². The van der Waals surface area contributed by atoms with Gasteiger partial charge >= 0.3 is 0 Å². The summed E-state index contributed by atoms with van der Waals surface area (Å²) >= 11 is 0. The van der Waals surface area contributed by atoms with Crippen LogP contribution in [-0.2, 0) is 16.0 Å². The van der Waals surface area contributed by atoms with Gasteiger partial charge < -0.3 is 0 Å². The fraction of sp³-hybridized carbons (Fsp3) is 0.385. The fourth-order valence-electron chi connectivity index (χ4n) is 1.65. The van der Waals surface area contributed by atoms with Crippen molar-refractivity contribution in [2.45, 2.75) is 27.2 Å². The van der Waals surface area contributed by atoms with Gasteiger partial charge in [-0.1, -0.05) is 29.8 Å². The summed E-state index contributed by atoms with van der Waals surface area (Å²) in [5, 5.41) is 0. The van der Waals surface area contributed by atoms with E-state index in [2.05, 4.69) is 0 Å². The molecule has 0 atom stereocenters. The van der Waals surface area contributed by atoms with Crippen molar-refractivity contribution in [3.63, 3.8) is 0 Å². The van der Waals surface area contributed by atoms with Crippen LogP contribution in [0.15, 0.2) is 24.3 Å². The van der Waals surface area contributed by atoms with Crippen LogP contribution in [0, 0.1) is 12.8 Å². The zero-order valence-electron chi connectivity index (χ0n) is 9.41. The Morgan fingerprint density at radius 1 is 1.20 bits per heavy atom. The molecule has 15 heavy (non-hydrogen) atoms. The van der Waals surface area contributed by atoms with Gasteiger partial charge in [-0.25, -0.2) is 0 Å². The van der Waals surface area contributed by atoms with Crippen molar-refractivity contribution < 1.29 is 9.59 Å². The van der Waals surface area contributed by atoms with Crippen LogP contribution in [-0.4, -0.2) is 11.6 Å². The zero-order valence-corrected chi connectivity index (χ0v) is 9.41. The molecule has 0 spiro atoms. The average molecular weight is 204 g/mol. The summed E-state index contributed by atoms with van der Waals surface area (Å²) in [6, 6.07) is 7.91. The number of carbonyl (C=O) groups excluding carboxylic acids is 2. The molecular formula is C13H16O2. The summed E-state index contributed by atoms with van der Waals surface area (Å²) in [5.74, 6) is -0.584. The topological polar surface area (TPSA) is 34.1 Å². The van der Waals surface area contributed by atoms with Crippen molar-refractivity contribution in [3.8, 4) is 0 Å². The Balaban J connectivity index is 2.83. The number of hydrogen-bond acceptors (Lipinski definition) is 2. The van der Waals surface area contributed by atoms with Crippen LogP contribution >= 0.6 is 0 Å². The summed E-state index contributed by atoms with van der Waals surface area (Å²) in [5.41, 5.74) is 2.20. The molecular weight excluding hydrogens is 188 g/mol. The second-order valence-electron chi connectivity index (χ2n) is 3.97. The van der Waals surface area contributed by atoms with E-state index in [0.29, 0.717) is 6.42 Å². The Bertz CT molecular complexity index is 366. The third-order valence-electron chi connectivity index (χ3n) is 2.50. The second kappa shape index (κ2) is 4.87. The van der Waals surface area contributed by atoms with Crippen molar-refractivity contribution in [1.29, 1.82) is 0 Å². The smallest absolute Gasteiger partial charge is 0.140 e. The normalized spacial score (nSPS) is 10.4. The van der Waals surface area contributed by atoms with E-state index in [1.165, 1.54) is 13.8 Å². The molecule has 2 heteroatoms. The molecule has 0 aliphatic rings. The molecule has 0 bridgehead atoms. The molecule has 0 saturated carbocycles. The van der Waals surface area contributed by atoms with Crippen LogP contribution in [0.4, 0.5) is 0 Å². The number of benzene rings is 1. The minimum atomic E-state index is -0.480. The lowest BCUT2D eigenvalue weighted by Crippen LogP contribution is -2.21. The van der Waals surface area contributed by atoms with Gasteiger partial charge in [0.05, 0.1) is 5.92 Å². The number of carbonyl (C=O) groups is 2. The predicted octanol–water partition coefficient (Wildman–Crippen LogP) is 2.33. The molecule has 0 aliphatic carbocycles. The minimum absolute atomic E-state index is 0.0518. The highest BCUT2D eigenvalue weighted by molar-refractivity contribution is 6.00. The van der Waals surface area contributed by atoms with Gasteiger partial charge in [0.25, 0.3) is 0 Å². The van der Waals surface area contributed by atoms with E-state index >= 15 is 0 Å². The van der Waals surface area contributed by atoms with E-state index in [1.807, 2.05) is 31.2 Å². The highest BCUT2D eigenvalue weighted by Gasteiger charge is 2.19. The third-order valence-corrected chi connectivity index (χ3v) is 2.50. The van der Waals surface area contributed by atoms with E-state index in [1.54, 1.807) is 0 Å². The van der Waals surface area contributed by atoms with Crippen LogP contribution in [0.2, 0.25) is 0 Å². The molecule has 0 heterocycles. The maximum atomic E-state index is 11.3. The van der Waals surface area contributed by atoms with Gasteiger partial charge in [0, 0.05) is 0 Å². The van der Waals surface area contributed by atoms with Gasteiger partial charge in [-0.3, -0.25) is 9.59 Å². The number of Topliss-reactive ketones (excluding diaryl/α,β-unsaturated/α-hetero) is 2. The summed E-state index contributed by atoms with van der Waals surface area (Å²) in [4.78, 5) is 22.5. The summed E-state index contributed by atoms with van der Waals surface area (Å²) in [6.07, 6.45) is 0.520. The molecule has 0 N–H and O–H groups in total. The maximum Gasteiger partial charge on any atom is 0.140 e. The summed E-state index contributed by atoms with van der Waals surface area (Å²) < 4.78 is 0. The Hall–Kier alpha value is -1.44. The first-order chi connectivity index (χ1) is 7.00. The van der Waals surface area contributed by atoms with Crippen LogP contribution in [0.5, 0.6) is 0 Å². The molecule has 1 rings (SSSR count). The molecule has 0 fully saturated rings. The molecule has 0 unspecified atom stereocenters. The molecule has 1 aromatic rings. The molecule has 80 valence electrons. The van der Waals surface area contributed by atoms with Gasteiger partial charge in [0.15, 0.2) is 0 Å². The Morgan fingerprint density at radius 2 is 1.80 bits per heavy atom. The lowest BCUT2D eigenvalue weighted by Gasteiger charge is -2.10. The Labute approximate surface area is 90.3 Å². The van der Waals surface area contributed by atoms with Crippen molar-refractivity contribution in [2.24, 2.45) is 5.92 Å². The minimum Gasteiger partial charge on any atom is -0.299 e. The SMILES string of the molecule is CC(=O)C(Cc1cccc(C)c1)C(C)=O. The summed E-state index contributed by atoms with van der Waals surface area (Å²) in [7, 11) is 0. The van der Waals surface area contributed by atoms with Gasteiger partial charge in [0.2, 0.25) is 0 Å². The number of rotatable bonds is 4. The van der Waals surface area contributed by atoms with E-state index < -0.39 is 5.92 Å². The molecule has 0 radical (unpaired) electrons. The molecule has 0 aromatic heterocycles. The van der Waals surface area contributed by atoms with E-state index in [9.17, 15) is 9.59 Å². The van der Waals surface area contributed by atoms with Gasteiger partial charge in [0.1, 0.15) is 11.6 Å². The molecule has 0 amide bonds. The lowest BCUT2D eigenvalue weighted by atomic mass is 9.92. The van der Waals surface area contributed by atoms with Crippen LogP contribution < -0.4 is 0 Å². The first-order valence-corrected chi connectivity index (χ1v) is 5.07. The van der Waals surface area contributed by atoms with Crippen LogP contribution in [0.1, 0.15) is 25.0 Å². The monoisotopic (exact) mass is 204 g/mol. The van der Waals surface area contributed by atoms with Gasteiger partial charge in [-0.2, -0.15) is 0 Å². The Morgan fingerprint density at radius 3 is 2.27 bits per heavy atom. The largest absolute Gasteiger partial charge is 0.299 e. The zero-order chi connectivity index (χ0) is 11.4. The molecule has 0 saturated heterocycles. The van der Waals surface area contributed by atoms with Crippen molar-refractivity contribution in [1.82, 2.24) is 0 Å². The second-order valence-corrected chi connectivity index (χ2v) is 3.97. The molecule has 2 nitrogen and oxygen atoms in total. The summed E-state index contributed by atoms with van der Waals surface area (Å²) in [6.45, 7) is 4.95. The average Bonchev–Trinajstić information content (AvgIpc) is 2.13. The van der Waals surface area contributed by atoms with Crippen molar-refractivity contribution >= 4 is 11.6 Å². The third kappa shape index (κ3) is 3.31. The first kappa shape index (κ1) is 11.6. The van der Waals surface area contributed by atoms with Gasteiger partial charge in [-0.05, 0) is 32.8 Å². The van der Waals surface area contributed by atoms with E-state index in [0.717, 1.165) is 11.1 Å². The quantitative estimate of drug-likeness (QED) is 0.705. The number of ketones is 2. The lowest BCUT2D eigenvalue weighted by molar-refractivity contribution is -0.130. The van der Waals surface area contributed by atoms with Gasteiger partial charge in [-0.15, -0.1) is 0 Å². The molecule has 0 aliphatic heterocycles. The maximum absolute atomic E-state index is 11.3. The fourth-order valence-corrected chi connectivity index (χ4v) is 1.65. The Kier molecular flexibility index (Phi) is 3.78.